The number of benzene rings is 3. The molecule has 37 heavy (non-hydrogen) atoms. The number of nitrogens with one attached hydrogen (secondary N) is 3. The first-order valence-electron chi connectivity index (χ1n) is 11.8. The maximum atomic E-state index is 13.7. The summed E-state index contributed by atoms with van der Waals surface area (Å²) in [4.78, 5) is 16.4. The first kappa shape index (κ1) is 25.7. The number of methoxy groups -OCH3 is 1. The molecule has 8 nitrogen and oxygen atoms in total. The number of amides is 1. The van der Waals surface area contributed by atoms with Gasteiger partial charge >= 0.3 is 0 Å². The molecule has 0 radical (unpaired) electrons. The number of fused-ring (bicyclic) bond motifs is 1. The van der Waals surface area contributed by atoms with Crippen LogP contribution in [0.1, 0.15) is 0 Å². The summed E-state index contributed by atoms with van der Waals surface area (Å²) in [5, 5.41) is 14.6. The highest BCUT2D eigenvalue weighted by Crippen LogP contribution is 2.39. The number of hydrogen-bond acceptors (Lipinski definition) is 6. The first-order valence-corrected chi connectivity index (χ1v) is 11.8. The number of ether oxygens (including phenoxy) is 1. The summed E-state index contributed by atoms with van der Waals surface area (Å²) in [5.74, 6) is 0.588. The monoisotopic (exact) mass is 502 g/mol. The lowest BCUT2D eigenvalue weighted by Gasteiger charge is -2.26. The van der Waals surface area contributed by atoms with Crippen LogP contribution in [0.5, 0.6) is 5.75 Å². The second-order valence-electron chi connectivity index (χ2n) is 8.96. The Hall–Kier alpha value is -4.37. The molecule has 0 aliphatic rings. The molecule has 192 valence electrons. The molecule has 0 fully saturated rings. The Bertz CT molecular complexity index is 1430. The third kappa shape index (κ3) is 5.90. The normalized spacial score (nSPS) is 11.0. The van der Waals surface area contributed by atoms with Gasteiger partial charge in [0.1, 0.15) is 11.6 Å². The van der Waals surface area contributed by atoms with Gasteiger partial charge in [-0.1, -0.05) is 24.8 Å². The molecular weight excluding hydrogens is 471 g/mol. The molecule has 0 bridgehead atoms. The Morgan fingerprint density at radius 1 is 1.08 bits per heavy atom. The molecule has 0 spiro atoms. The Morgan fingerprint density at radius 2 is 1.86 bits per heavy atom. The third-order valence-electron chi connectivity index (χ3n) is 6.03. The average molecular weight is 503 g/mol. The number of rotatable bonds is 10. The van der Waals surface area contributed by atoms with Crippen molar-refractivity contribution < 1.29 is 13.9 Å². The summed E-state index contributed by atoms with van der Waals surface area (Å²) < 4.78 is 19.4. The van der Waals surface area contributed by atoms with Crippen LogP contribution < -0.4 is 20.3 Å². The fraction of sp³-hybridized carbons (Fsp3) is 0.214. The number of carbonyl (C=O) groups excluding carboxylic acids is 1. The van der Waals surface area contributed by atoms with Crippen molar-refractivity contribution in [2.24, 2.45) is 0 Å². The highest BCUT2D eigenvalue weighted by atomic mass is 19.1. The van der Waals surface area contributed by atoms with Crippen LogP contribution in [0.3, 0.4) is 0 Å². The zero-order valence-electron chi connectivity index (χ0n) is 21.4. The summed E-state index contributed by atoms with van der Waals surface area (Å²) in [5.41, 5.74) is 4.51. The van der Waals surface area contributed by atoms with Gasteiger partial charge in [-0.2, -0.15) is 5.10 Å². The molecule has 9 heteroatoms. The molecule has 4 aromatic rings. The summed E-state index contributed by atoms with van der Waals surface area (Å²) in [6.07, 6.45) is 1.23. The van der Waals surface area contributed by atoms with E-state index in [1.807, 2.05) is 57.5 Å². The molecule has 1 aromatic heterocycles. The van der Waals surface area contributed by atoms with Crippen LogP contribution in [0.2, 0.25) is 0 Å². The Kier molecular flexibility index (Phi) is 7.74. The molecule has 0 aliphatic carbocycles. The van der Waals surface area contributed by atoms with Crippen molar-refractivity contribution in [3.63, 3.8) is 0 Å². The number of hydrogen-bond donors (Lipinski definition) is 3. The highest BCUT2D eigenvalue weighted by molar-refractivity contribution is 6.02. The van der Waals surface area contributed by atoms with Crippen molar-refractivity contribution in [2.45, 2.75) is 0 Å². The molecule has 0 aliphatic heterocycles. The largest absolute Gasteiger partial charge is 0.494 e. The predicted octanol–water partition coefficient (Wildman–Crippen LogP) is 5.24. The van der Waals surface area contributed by atoms with Gasteiger partial charge in [0.25, 0.3) is 0 Å². The average Bonchev–Trinajstić information content (AvgIpc) is 3.29. The van der Waals surface area contributed by atoms with E-state index in [9.17, 15) is 9.18 Å². The second-order valence-corrected chi connectivity index (χ2v) is 8.96. The summed E-state index contributed by atoms with van der Waals surface area (Å²) in [6.45, 7) is 5.15. The van der Waals surface area contributed by atoms with E-state index in [0.717, 1.165) is 40.8 Å². The number of anilines is 4. The van der Waals surface area contributed by atoms with Crippen LogP contribution in [-0.2, 0) is 4.79 Å². The zero-order chi connectivity index (χ0) is 26.5. The quantitative estimate of drug-likeness (QED) is 0.257. The van der Waals surface area contributed by atoms with Gasteiger partial charge in [-0.25, -0.2) is 4.39 Å². The minimum Gasteiger partial charge on any atom is -0.494 e. The maximum Gasteiger partial charge on any atom is 0.247 e. The molecule has 0 saturated heterocycles. The second kappa shape index (κ2) is 11.1. The van der Waals surface area contributed by atoms with E-state index in [2.05, 4.69) is 37.2 Å². The van der Waals surface area contributed by atoms with Crippen LogP contribution in [0.25, 0.3) is 22.0 Å². The number of halogens is 1. The first-order chi connectivity index (χ1) is 17.8. The Balaban J connectivity index is 1.69. The van der Waals surface area contributed by atoms with Crippen LogP contribution in [0, 0.1) is 5.82 Å². The van der Waals surface area contributed by atoms with Gasteiger partial charge in [0.05, 0.1) is 29.7 Å². The number of H-pyrrole nitrogens is 1. The van der Waals surface area contributed by atoms with Crippen LogP contribution in [0.4, 0.5) is 27.3 Å². The third-order valence-corrected chi connectivity index (χ3v) is 6.03. The molecule has 1 heterocycles. The van der Waals surface area contributed by atoms with Gasteiger partial charge in [-0.05, 0) is 61.6 Å². The van der Waals surface area contributed by atoms with Gasteiger partial charge < -0.3 is 25.2 Å². The lowest BCUT2D eigenvalue weighted by molar-refractivity contribution is -0.111. The lowest BCUT2D eigenvalue weighted by atomic mass is 10.0. The highest BCUT2D eigenvalue weighted by Gasteiger charge is 2.17. The summed E-state index contributed by atoms with van der Waals surface area (Å²) in [7, 11) is 7.58. The van der Waals surface area contributed by atoms with E-state index in [1.54, 1.807) is 13.2 Å². The van der Waals surface area contributed by atoms with E-state index in [0.29, 0.717) is 22.9 Å². The molecule has 4 rings (SSSR count). The van der Waals surface area contributed by atoms with Gasteiger partial charge in [0, 0.05) is 31.6 Å². The van der Waals surface area contributed by atoms with Crippen molar-refractivity contribution >= 4 is 39.7 Å². The number of likely N-dealkylation sites (N-methyl/N-ethyl adjacent to an activating group) is 2. The molecule has 0 saturated carbocycles. The van der Waals surface area contributed by atoms with Crippen LogP contribution in [-0.4, -0.2) is 62.3 Å². The minimum absolute atomic E-state index is 0.285. The lowest BCUT2D eigenvalue weighted by Crippen LogP contribution is -2.29. The number of carbonyl (C=O) groups is 1. The van der Waals surface area contributed by atoms with E-state index in [-0.39, 0.29) is 11.7 Å². The van der Waals surface area contributed by atoms with Gasteiger partial charge in [0.15, 0.2) is 5.82 Å². The molecule has 0 atom stereocenters. The van der Waals surface area contributed by atoms with Crippen LogP contribution in [0.15, 0.2) is 67.3 Å². The zero-order valence-corrected chi connectivity index (χ0v) is 21.4. The Morgan fingerprint density at radius 3 is 2.57 bits per heavy atom. The number of nitrogens with zero attached hydrogens (tertiary/aromatic N) is 3. The Labute approximate surface area is 215 Å². The molecule has 3 aromatic carbocycles. The van der Waals surface area contributed by atoms with E-state index in [1.165, 1.54) is 18.2 Å². The van der Waals surface area contributed by atoms with Crippen LogP contribution >= 0.6 is 0 Å². The predicted molar refractivity (Wildman–Crippen MR) is 148 cm³/mol. The van der Waals surface area contributed by atoms with Crippen molar-refractivity contribution in [3.05, 3.63) is 73.1 Å². The maximum absolute atomic E-state index is 13.7. The van der Waals surface area contributed by atoms with Gasteiger partial charge in [-0.3, -0.25) is 9.89 Å². The molecule has 3 N–H and O–H groups in total. The fourth-order valence-electron chi connectivity index (χ4n) is 4.00. The van der Waals surface area contributed by atoms with E-state index >= 15 is 0 Å². The van der Waals surface area contributed by atoms with Crippen molar-refractivity contribution in [1.82, 2.24) is 15.1 Å². The van der Waals surface area contributed by atoms with Crippen molar-refractivity contribution in [1.29, 1.82) is 0 Å². The SMILES string of the molecule is C=CC(=O)Nc1cc(Nc2n[nH]c3cc(-c4cccc(F)c4)ccc23)c(OC)cc1N(C)CCN(C)C. The number of aromatic amines is 1. The van der Waals surface area contributed by atoms with Crippen molar-refractivity contribution in [2.75, 3.05) is 56.9 Å². The van der Waals surface area contributed by atoms with E-state index < -0.39 is 0 Å². The standard InChI is InChI=1S/C28H31FN6O2/c1-6-27(36)30-23-16-24(26(37-5)17-25(23)35(4)13-12-34(2)3)31-28-21-11-10-19(15-22(21)32-33-28)18-8-7-9-20(29)14-18/h6-11,14-17H,1,12-13H2,2-5H3,(H,30,36)(H2,31,32,33). The number of aromatic nitrogens is 2. The minimum atomic E-state index is -0.312. The van der Waals surface area contributed by atoms with E-state index in [4.69, 9.17) is 4.74 Å². The topological polar surface area (TPSA) is 85.5 Å². The summed E-state index contributed by atoms with van der Waals surface area (Å²) in [6, 6.07) is 16.0. The molecule has 1 amide bonds. The van der Waals surface area contributed by atoms with Gasteiger partial charge in [-0.15, -0.1) is 0 Å². The van der Waals surface area contributed by atoms with Crippen molar-refractivity contribution in [3.8, 4) is 16.9 Å². The molecular formula is C28H31FN6O2. The fourth-order valence-corrected chi connectivity index (χ4v) is 4.00. The summed E-state index contributed by atoms with van der Waals surface area (Å²) >= 11 is 0. The molecule has 0 unspecified atom stereocenters. The smallest absolute Gasteiger partial charge is 0.247 e. The van der Waals surface area contributed by atoms with Gasteiger partial charge in [0.2, 0.25) is 5.91 Å².